The predicted molar refractivity (Wildman–Crippen MR) is 88.2 cm³/mol. The molecule has 1 fully saturated rings. The Morgan fingerprint density at radius 1 is 1.29 bits per heavy atom. The first-order valence-corrected chi connectivity index (χ1v) is 8.08. The van der Waals surface area contributed by atoms with Gasteiger partial charge in [-0.15, -0.1) is 0 Å². The number of carbonyl (C=O) groups is 2. The number of carbonyl (C=O) groups excluding carboxylic acids is 2. The van der Waals surface area contributed by atoms with E-state index in [0.717, 1.165) is 12.8 Å². The summed E-state index contributed by atoms with van der Waals surface area (Å²) in [5.41, 5.74) is -1.18. The Bertz CT molecular complexity index is 623. The molecule has 2 amide bonds. The molecule has 0 aliphatic heterocycles. The predicted octanol–water partition coefficient (Wildman–Crippen LogP) is 1.74. The number of hydrogen-bond acceptors (Lipinski definition) is 4. The number of ether oxygens (including phenoxy) is 1. The Morgan fingerprint density at radius 3 is 2.50 bits per heavy atom. The lowest BCUT2D eigenvalue weighted by Crippen LogP contribution is -2.57. The number of aromatic nitrogens is 1. The number of alkyl carbamates (subject to hydrolysis) is 1. The van der Waals surface area contributed by atoms with Crippen molar-refractivity contribution < 1.29 is 19.1 Å². The summed E-state index contributed by atoms with van der Waals surface area (Å²) in [6.07, 6.45) is 2.70. The highest BCUT2D eigenvalue weighted by Gasteiger charge is 2.44. The number of pyridine rings is 1. The van der Waals surface area contributed by atoms with Gasteiger partial charge in [-0.3, -0.25) is 4.79 Å². The fraction of sp³-hybridized carbons (Fsp3) is 0.588. The van der Waals surface area contributed by atoms with E-state index in [1.54, 1.807) is 32.9 Å². The largest absolute Gasteiger partial charge is 0.618 e. The maximum Gasteiger partial charge on any atom is 0.407 e. The van der Waals surface area contributed by atoms with Crippen LogP contribution in [0, 0.1) is 11.1 Å². The van der Waals surface area contributed by atoms with Crippen molar-refractivity contribution in [3.05, 3.63) is 35.3 Å². The molecule has 1 atom stereocenters. The monoisotopic (exact) mass is 335 g/mol. The van der Waals surface area contributed by atoms with E-state index in [-0.39, 0.29) is 18.2 Å². The topological polar surface area (TPSA) is 94.4 Å². The lowest BCUT2D eigenvalue weighted by Gasteiger charge is -2.31. The third kappa shape index (κ3) is 4.84. The number of amides is 2. The second kappa shape index (κ2) is 6.67. The van der Waals surface area contributed by atoms with Gasteiger partial charge in [-0.2, -0.15) is 4.73 Å². The summed E-state index contributed by atoms with van der Waals surface area (Å²) < 4.78 is 5.76. The highest BCUT2D eigenvalue weighted by molar-refractivity contribution is 5.91. The molecule has 0 unspecified atom stereocenters. The summed E-state index contributed by atoms with van der Waals surface area (Å²) in [6, 6.07) is 4.67. The van der Waals surface area contributed by atoms with Crippen LogP contribution in [0.5, 0.6) is 0 Å². The van der Waals surface area contributed by atoms with Crippen LogP contribution in [0.3, 0.4) is 0 Å². The summed E-state index contributed by atoms with van der Waals surface area (Å²) >= 11 is 0. The maximum absolute atomic E-state index is 12.4. The van der Waals surface area contributed by atoms with Gasteiger partial charge < -0.3 is 20.6 Å². The molecule has 0 radical (unpaired) electrons. The second-order valence-electron chi connectivity index (χ2n) is 7.41. The van der Waals surface area contributed by atoms with Crippen LogP contribution < -0.4 is 15.4 Å². The number of rotatable bonds is 5. The normalized spacial score (nSPS) is 16.8. The molecular formula is C17H25N3O4. The standard InChI is InChI=1S/C17H25N3O4/c1-16(2,3)24-15(22)18-11-17(4,12-8-9-12)19-14(21)13-7-5-6-10-20(13)23/h5-7,10,12H,8-9,11H2,1-4H3,(H,18,22)(H,19,21)/t17-/m0/s1. The molecule has 1 aliphatic rings. The van der Waals surface area contributed by atoms with E-state index < -0.39 is 23.1 Å². The van der Waals surface area contributed by atoms with Gasteiger partial charge in [0.2, 0.25) is 0 Å². The fourth-order valence-corrected chi connectivity index (χ4v) is 2.51. The molecule has 2 N–H and O–H groups in total. The van der Waals surface area contributed by atoms with Gasteiger partial charge in [0.1, 0.15) is 5.60 Å². The van der Waals surface area contributed by atoms with Crippen molar-refractivity contribution in [3.63, 3.8) is 0 Å². The number of nitrogens with one attached hydrogen (secondary N) is 2. The van der Waals surface area contributed by atoms with Gasteiger partial charge >= 0.3 is 12.0 Å². The smallest absolute Gasteiger partial charge is 0.407 e. The summed E-state index contributed by atoms with van der Waals surface area (Å²) in [4.78, 5) is 24.3. The molecule has 7 nitrogen and oxygen atoms in total. The molecule has 1 aromatic rings. The van der Waals surface area contributed by atoms with Gasteiger partial charge in [-0.25, -0.2) is 4.79 Å². The van der Waals surface area contributed by atoms with Crippen molar-refractivity contribution in [3.8, 4) is 0 Å². The third-order valence-electron chi connectivity index (χ3n) is 3.93. The first-order chi connectivity index (χ1) is 11.1. The zero-order chi connectivity index (χ0) is 18.0. The van der Waals surface area contributed by atoms with E-state index in [4.69, 9.17) is 4.74 Å². The third-order valence-corrected chi connectivity index (χ3v) is 3.93. The highest BCUT2D eigenvalue weighted by Crippen LogP contribution is 2.39. The Labute approximate surface area is 142 Å². The average molecular weight is 335 g/mol. The van der Waals surface area contributed by atoms with Crippen molar-refractivity contribution >= 4 is 12.0 Å². The van der Waals surface area contributed by atoms with E-state index in [1.165, 1.54) is 12.3 Å². The van der Waals surface area contributed by atoms with Crippen LogP contribution in [0.2, 0.25) is 0 Å². The van der Waals surface area contributed by atoms with Crippen LogP contribution in [-0.4, -0.2) is 29.7 Å². The second-order valence-corrected chi connectivity index (χ2v) is 7.41. The molecule has 0 aromatic carbocycles. The molecule has 1 aromatic heterocycles. The molecule has 1 saturated carbocycles. The molecule has 24 heavy (non-hydrogen) atoms. The van der Waals surface area contributed by atoms with Crippen LogP contribution in [-0.2, 0) is 4.74 Å². The van der Waals surface area contributed by atoms with Crippen molar-refractivity contribution in [1.29, 1.82) is 0 Å². The van der Waals surface area contributed by atoms with Gasteiger partial charge in [0.05, 0.1) is 5.54 Å². The number of nitrogens with zero attached hydrogens (tertiary/aromatic N) is 1. The molecule has 7 heteroatoms. The molecule has 1 aliphatic carbocycles. The lowest BCUT2D eigenvalue weighted by molar-refractivity contribution is -0.607. The number of hydrogen-bond donors (Lipinski definition) is 2. The minimum atomic E-state index is -0.628. The van der Waals surface area contributed by atoms with Crippen molar-refractivity contribution in [1.82, 2.24) is 10.6 Å². The first-order valence-electron chi connectivity index (χ1n) is 8.08. The Kier molecular flexibility index (Phi) is 5.01. The highest BCUT2D eigenvalue weighted by atomic mass is 16.6. The maximum atomic E-state index is 12.4. The van der Waals surface area contributed by atoms with Crippen LogP contribution >= 0.6 is 0 Å². The van der Waals surface area contributed by atoms with Gasteiger partial charge in [-0.05, 0) is 52.5 Å². The van der Waals surface area contributed by atoms with Crippen LogP contribution in [0.4, 0.5) is 4.79 Å². The Morgan fingerprint density at radius 2 is 1.96 bits per heavy atom. The summed E-state index contributed by atoms with van der Waals surface area (Å²) in [5.74, 6) is -0.189. The van der Waals surface area contributed by atoms with Crippen LogP contribution in [0.25, 0.3) is 0 Å². The Balaban J connectivity index is 2.01. The van der Waals surface area contributed by atoms with Crippen molar-refractivity contribution in [2.45, 2.75) is 51.7 Å². The van der Waals surface area contributed by atoms with Gasteiger partial charge in [0.25, 0.3) is 5.69 Å². The van der Waals surface area contributed by atoms with Crippen molar-refractivity contribution in [2.75, 3.05) is 6.54 Å². The molecule has 0 saturated heterocycles. The van der Waals surface area contributed by atoms with Crippen LogP contribution in [0.15, 0.2) is 24.4 Å². The molecule has 0 bridgehead atoms. The molecule has 1 heterocycles. The van der Waals surface area contributed by atoms with Crippen LogP contribution in [0.1, 0.15) is 51.0 Å². The quantitative estimate of drug-likeness (QED) is 0.633. The van der Waals surface area contributed by atoms with Gasteiger partial charge in [-0.1, -0.05) is 0 Å². The van der Waals surface area contributed by atoms with Gasteiger partial charge in [0.15, 0.2) is 6.20 Å². The molecular weight excluding hydrogens is 310 g/mol. The van der Waals surface area contributed by atoms with Crippen molar-refractivity contribution in [2.24, 2.45) is 5.92 Å². The Hall–Kier alpha value is -2.31. The van der Waals surface area contributed by atoms with E-state index in [9.17, 15) is 14.8 Å². The minimum Gasteiger partial charge on any atom is -0.618 e. The SMILES string of the molecule is CC(C)(C)OC(=O)NC[C@](C)(NC(=O)c1cccc[n+]1[O-])C1CC1. The molecule has 2 rings (SSSR count). The van der Waals surface area contributed by atoms with E-state index in [1.807, 2.05) is 6.92 Å². The molecule has 0 spiro atoms. The first kappa shape index (κ1) is 18.0. The van der Waals surface area contributed by atoms with Gasteiger partial charge in [0, 0.05) is 18.7 Å². The zero-order valence-electron chi connectivity index (χ0n) is 14.6. The molecule has 132 valence electrons. The fourth-order valence-electron chi connectivity index (χ4n) is 2.51. The summed E-state index contributed by atoms with van der Waals surface area (Å²) in [6.45, 7) is 7.48. The lowest BCUT2D eigenvalue weighted by atomic mass is 9.95. The van der Waals surface area contributed by atoms with E-state index in [0.29, 0.717) is 4.73 Å². The van der Waals surface area contributed by atoms with E-state index >= 15 is 0 Å². The summed E-state index contributed by atoms with van der Waals surface area (Å²) in [5, 5.41) is 17.3. The zero-order valence-corrected chi connectivity index (χ0v) is 14.6. The minimum absolute atomic E-state index is 0.0293. The average Bonchev–Trinajstić information content (AvgIpc) is 3.29. The summed E-state index contributed by atoms with van der Waals surface area (Å²) in [7, 11) is 0. The van der Waals surface area contributed by atoms with E-state index in [2.05, 4.69) is 10.6 Å².